The zero-order chi connectivity index (χ0) is 12.5. The normalized spacial score (nSPS) is 27.3. The third kappa shape index (κ3) is 2.29. The maximum atomic E-state index is 13.5. The van der Waals surface area contributed by atoms with Gasteiger partial charge in [0.15, 0.2) is 0 Å². The molecule has 2 rings (SSSR count). The predicted octanol–water partition coefficient (Wildman–Crippen LogP) is 2.83. The molecule has 1 saturated carbocycles. The van der Waals surface area contributed by atoms with Crippen LogP contribution in [-0.2, 0) is 11.2 Å². The van der Waals surface area contributed by atoms with E-state index >= 15 is 0 Å². The van der Waals surface area contributed by atoms with Gasteiger partial charge in [0, 0.05) is 13.2 Å². The van der Waals surface area contributed by atoms with Crippen LogP contribution in [0.25, 0.3) is 0 Å². The third-order valence-electron chi connectivity index (χ3n) is 3.35. The summed E-state index contributed by atoms with van der Waals surface area (Å²) in [4.78, 5) is 0. The van der Waals surface area contributed by atoms with E-state index in [0.29, 0.717) is 24.8 Å². The minimum atomic E-state index is -0.597. The van der Waals surface area contributed by atoms with E-state index in [2.05, 4.69) is 6.07 Å². The van der Waals surface area contributed by atoms with Crippen LogP contribution >= 0.6 is 0 Å². The Hall–Kier alpha value is -1.47. The molecule has 0 bridgehead atoms. The number of hydrogen-bond acceptors (Lipinski definition) is 2. The molecule has 0 unspecified atom stereocenters. The van der Waals surface area contributed by atoms with Crippen molar-refractivity contribution in [2.24, 2.45) is 5.41 Å². The Kier molecular flexibility index (Phi) is 3.12. The topological polar surface area (TPSA) is 33.0 Å². The molecule has 2 nitrogen and oxygen atoms in total. The van der Waals surface area contributed by atoms with Crippen molar-refractivity contribution >= 4 is 0 Å². The van der Waals surface area contributed by atoms with Gasteiger partial charge in [-0.05, 0) is 30.9 Å². The minimum Gasteiger partial charge on any atom is -0.381 e. The summed E-state index contributed by atoms with van der Waals surface area (Å²) in [6.45, 7) is 0. The van der Waals surface area contributed by atoms with Gasteiger partial charge in [0.05, 0.1) is 17.6 Å². The van der Waals surface area contributed by atoms with Crippen LogP contribution in [0.4, 0.5) is 8.78 Å². The zero-order valence-electron chi connectivity index (χ0n) is 9.54. The second kappa shape index (κ2) is 4.42. The molecule has 90 valence electrons. The summed E-state index contributed by atoms with van der Waals surface area (Å²) >= 11 is 0. The molecule has 0 spiro atoms. The lowest BCUT2D eigenvalue weighted by molar-refractivity contribution is -0.0307. The van der Waals surface area contributed by atoms with E-state index in [1.165, 1.54) is 12.1 Å². The van der Waals surface area contributed by atoms with Crippen LogP contribution in [0.2, 0.25) is 0 Å². The molecule has 4 heteroatoms. The van der Waals surface area contributed by atoms with E-state index in [9.17, 15) is 8.78 Å². The summed E-state index contributed by atoms with van der Waals surface area (Å²) in [5.74, 6) is -1.18. The molecule has 1 aromatic carbocycles. The van der Waals surface area contributed by atoms with E-state index in [1.807, 2.05) is 0 Å². The number of nitrogens with zero attached hydrogens (tertiary/aromatic N) is 1. The van der Waals surface area contributed by atoms with E-state index < -0.39 is 17.0 Å². The van der Waals surface area contributed by atoms with Crippen molar-refractivity contribution in [3.63, 3.8) is 0 Å². The highest BCUT2D eigenvalue weighted by molar-refractivity contribution is 5.24. The molecule has 17 heavy (non-hydrogen) atoms. The van der Waals surface area contributed by atoms with Gasteiger partial charge in [-0.2, -0.15) is 5.26 Å². The van der Waals surface area contributed by atoms with Gasteiger partial charge in [-0.3, -0.25) is 0 Å². The number of halogens is 2. The molecular weight excluding hydrogens is 224 g/mol. The van der Waals surface area contributed by atoms with Crippen molar-refractivity contribution in [1.82, 2.24) is 0 Å². The van der Waals surface area contributed by atoms with Crippen molar-refractivity contribution in [3.8, 4) is 6.07 Å². The number of nitriles is 1. The molecule has 0 aromatic heterocycles. The molecule has 1 fully saturated rings. The van der Waals surface area contributed by atoms with Crippen LogP contribution in [0.15, 0.2) is 18.2 Å². The molecular formula is C13H13F2NO. The summed E-state index contributed by atoms with van der Waals surface area (Å²) in [7, 11) is 1.60. The maximum Gasteiger partial charge on any atom is 0.129 e. The van der Waals surface area contributed by atoms with E-state index in [-0.39, 0.29) is 6.10 Å². The molecule has 0 radical (unpaired) electrons. The van der Waals surface area contributed by atoms with Crippen LogP contribution in [0.1, 0.15) is 18.4 Å². The van der Waals surface area contributed by atoms with Gasteiger partial charge < -0.3 is 4.74 Å². The first-order chi connectivity index (χ1) is 8.08. The van der Waals surface area contributed by atoms with Gasteiger partial charge >= 0.3 is 0 Å². The standard InChI is InChI=1S/C13H13F2NO/c1-17-11-6-13(7-11,8-16)5-9-2-3-10(14)4-12(9)15/h2-4,11H,5-7H2,1H3. The van der Waals surface area contributed by atoms with Gasteiger partial charge in [-0.1, -0.05) is 6.07 Å². The highest BCUT2D eigenvalue weighted by Crippen LogP contribution is 2.44. The van der Waals surface area contributed by atoms with Crippen LogP contribution in [0, 0.1) is 28.4 Å². The van der Waals surface area contributed by atoms with E-state index in [4.69, 9.17) is 10.00 Å². The van der Waals surface area contributed by atoms with Crippen molar-refractivity contribution in [3.05, 3.63) is 35.4 Å². The molecule has 0 atom stereocenters. The number of methoxy groups -OCH3 is 1. The third-order valence-corrected chi connectivity index (χ3v) is 3.35. The Morgan fingerprint density at radius 1 is 1.47 bits per heavy atom. The van der Waals surface area contributed by atoms with Crippen LogP contribution in [0.3, 0.4) is 0 Å². The molecule has 0 N–H and O–H groups in total. The molecule has 1 aliphatic carbocycles. The number of rotatable bonds is 3. The Bertz CT molecular complexity index is 461. The molecule has 0 aliphatic heterocycles. The largest absolute Gasteiger partial charge is 0.381 e. The van der Waals surface area contributed by atoms with Crippen molar-refractivity contribution in [1.29, 1.82) is 5.26 Å². The minimum absolute atomic E-state index is 0.0816. The summed E-state index contributed by atoms with van der Waals surface area (Å²) in [5, 5.41) is 9.15. The monoisotopic (exact) mass is 237 g/mol. The summed E-state index contributed by atoms with van der Waals surface area (Å²) in [6.07, 6.45) is 1.61. The first-order valence-electron chi connectivity index (χ1n) is 5.46. The fourth-order valence-electron chi connectivity index (χ4n) is 2.28. The second-order valence-electron chi connectivity index (χ2n) is 4.57. The average molecular weight is 237 g/mol. The van der Waals surface area contributed by atoms with Crippen molar-refractivity contribution < 1.29 is 13.5 Å². The summed E-state index contributed by atoms with van der Waals surface area (Å²) < 4.78 is 31.4. The maximum absolute atomic E-state index is 13.5. The lowest BCUT2D eigenvalue weighted by atomic mass is 9.64. The van der Waals surface area contributed by atoms with E-state index in [1.54, 1.807) is 7.11 Å². The SMILES string of the molecule is COC1CC(C#N)(Cc2ccc(F)cc2F)C1. The summed E-state index contributed by atoms with van der Waals surface area (Å²) in [6, 6.07) is 5.71. The van der Waals surface area contributed by atoms with Gasteiger partial charge in [0.2, 0.25) is 0 Å². The Balaban J connectivity index is 2.13. The van der Waals surface area contributed by atoms with Crippen molar-refractivity contribution in [2.75, 3.05) is 7.11 Å². The fraction of sp³-hybridized carbons (Fsp3) is 0.462. The number of hydrogen-bond donors (Lipinski definition) is 0. The summed E-state index contributed by atoms with van der Waals surface area (Å²) in [5.41, 5.74) is -0.165. The molecule has 0 heterocycles. The molecule has 1 aliphatic rings. The van der Waals surface area contributed by atoms with Crippen LogP contribution < -0.4 is 0 Å². The molecule has 1 aromatic rings. The van der Waals surface area contributed by atoms with Crippen LogP contribution in [-0.4, -0.2) is 13.2 Å². The zero-order valence-corrected chi connectivity index (χ0v) is 9.54. The highest BCUT2D eigenvalue weighted by Gasteiger charge is 2.45. The molecule has 0 saturated heterocycles. The lowest BCUT2D eigenvalue weighted by Gasteiger charge is -2.41. The molecule has 0 amide bonds. The first kappa shape index (κ1) is 12.0. The average Bonchev–Trinajstić information content (AvgIpc) is 2.26. The van der Waals surface area contributed by atoms with Gasteiger partial charge in [0.25, 0.3) is 0 Å². The Labute approximate surface area is 98.8 Å². The van der Waals surface area contributed by atoms with Gasteiger partial charge in [-0.25, -0.2) is 8.78 Å². The number of benzene rings is 1. The number of ether oxygens (including phenoxy) is 1. The predicted molar refractivity (Wildman–Crippen MR) is 58.1 cm³/mol. The first-order valence-corrected chi connectivity index (χ1v) is 5.46. The van der Waals surface area contributed by atoms with Crippen LogP contribution in [0.5, 0.6) is 0 Å². The quantitative estimate of drug-likeness (QED) is 0.809. The highest BCUT2D eigenvalue weighted by atomic mass is 19.1. The van der Waals surface area contributed by atoms with Gasteiger partial charge in [-0.15, -0.1) is 0 Å². The Morgan fingerprint density at radius 3 is 2.71 bits per heavy atom. The van der Waals surface area contributed by atoms with E-state index in [0.717, 1.165) is 6.07 Å². The second-order valence-corrected chi connectivity index (χ2v) is 4.57. The van der Waals surface area contributed by atoms with Gasteiger partial charge in [0.1, 0.15) is 11.6 Å². The van der Waals surface area contributed by atoms with Crippen molar-refractivity contribution in [2.45, 2.75) is 25.4 Å². The smallest absolute Gasteiger partial charge is 0.129 e. The Morgan fingerprint density at radius 2 is 2.18 bits per heavy atom. The fourth-order valence-corrected chi connectivity index (χ4v) is 2.28. The lowest BCUT2D eigenvalue weighted by Crippen LogP contribution is -2.42.